The number of aryl methyl sites for hydroxylation is 2. The highest BCUT2D eigenvalue weighted by Gasteiger charge is 2.36. The van der Waals surface area contributed by atoms with Gasteiger partial charge in [0.1, 0.15) is 10.6 Å². The van der Waals surface area contributed by atoms with Crippen LogP contribution in [0, 0.1) is 13.8 Å². The summed E-state index contributed by atoms with van der Waals surface area (Å²) in [6.45, 7) is 10.6. The van der Waals surface area contributed by atoms with Crippen LogP contribution in [0.1, 0.15) is 67.2 Å². The van der Waals surface area contributed by atoms with E-state index < -0.39 is 10.0 Å². The Morgan fingerprint density at radius 3 is 2.27 bits per heavy atom. The Hall–Kier alpha value is -2.20. The van der Waals surface area contributed by atoms with Crippen molar-refractivity contribution >= 4 is 15.9 Å². The monoisotopic (exact) mass is 435 g/mol. The Morgan fingerprint density at radius 1 is 1.13 bits per heavy atom. The summed E-state index contributed by atoms with van der Waals surface area (Å²) in [6.07, 6.45) is 2.27. The number of hydrogen-bond donors (Lipinski definition) is 0. The average Bonchev–Trinajstić information content (AvgIpc) is 3.32. The molecule has 0 spiro atoms. The largest absolute Gasteiger partial charge is 0.360 e. The lowest BCUT2D eigenvalue weighted by Gasteiger charge is -2.33. The molecule has 1 aliphatic carbocycles. The van der Waals surface area contributed by atoms with Crippen LogP contribution in [0.2, 0.25) is 0 Å². The second kappa shape index (κ2) is 7.19. The maximum Gasteiger partial charge on any atom is 0.274 e. The first-order valence-electron chi connectivity index (χ1n) is 10.3. The van der Waals surface area contributed by atoms with Crippen LogP contribution in [0.4, 0.5) is 0 Å². The summed E-state index contributed by atoms with van der Waals surface area (Å²) in [5, 5.41) is 8.38. The van der Waals surface area contributed by atoms with E-state index in [1.165, 1.54) is 4.31 Å². The number of rotatable bonds is 4. The molecule has 0 unspecified atom stereocenters. The van der Waals surface area contributed by atoms with Gasteiger partial charge in [0.15, 0.2) is 11.5 Å². The van der Waals surface area contributed by atoms with Gasteiger partial charge in [0.05, 0.1) is 5.54 Å². The number of aromatic nitrogens is 3. The third-order valence-corrected chi connectivity index (χ3v) is 7.82. The molecule has 2 aromatic heterocycles. The van der Waals surface area contributed by atoms with Crippen LogP contribution >= 0.6 is 0 Å². The van der Waals surface area contributed by atoms with Crippen LogP contribution in [0.25, 0.3) is 0 Å². The van der Waals surface area contributed by atoms with Gasteiger partial charge in [0.2, 0.25) is 10.0 Å². The van der Waals surface area contributed by atoms with Crippen molar-refractivity contribution in [1.29, 1.82) is 0 Å². The number of hydrogen-bond acceptors (Lipinski definition) is 6. The van der Waals surface area contributed by atoms with Crippen LogP contribution in [0.5, 0.6) is 0 Å². The molecule has 0 aromatic carbocycles. The molecule has 1 amide bonds. The van der Waals surface area contributed by atoms with Crippen molar-refractivity contribution in [3.05, 3.63) is 28.9 Å². The molecule has 164 valence electrons. The van der Waals surface area contributed by atoms with E-state index in [4.69, 9.17) is 4.52 Å². The SMILES string of the molecule is Cc1noc(C)c1S(=O)(=O)N1CCN(C(=O)c2cc(C3CC3)n(C(C)(C)C)n2)CC1. The Balaban J connectivity index is 1.49. The molecule has 30 heavy (non-hydrogen) atoms. The van der Waals surface area contributed by atoms with Crippen molar-refractivity contribution in [1.82, 2.24) is 24.1 Å². The minimum atomic E-state index is -3.70. The van der Waals surface area contributed by atoms with Gasteiger partial charge in [-0.2, -0.15) is 9.40 Å². The zero-order chi connectivity index (χ0) is 21.8. The molecule has 9 nitrogen and oxygen atoms in total. The molecule has 2 fully saturated rings. The van der Waals surface area contributed by atoms with E-state index in [9.17, 15) is 13.2 Å². The van der Waals surface area contributed by atoms with E-state index >= 15 is 0 Å². The minimum Gasteiger partial charge on any atom is -0.360 e. The second-order valence-electron chi connectivity index (χ2n) is 9.16. The summed E-state index contributed by atoms with van der Waals surface area (Å²) in [4.78, 5) is 14.9. The first kappa shape index (κ1) is 21.0. The summed E-state index contributed by atoms with van der Waals surface area (Å²) in [7, 11) is -3.70. The third-order valence-electron chi connectivity index (χ3n) is 5.68. The van der Waals surface area contributed by atoms with Gasteiger partial charge in [-0.05, 0) is 53.5 Å². The Bertz CT molecular complexity index is 1050. The standard InChI is InChI=1S/C20H29N5O4S/c1-13-18(14(2)29-22-13)30(27,28)24-10-8-23(9-11-24)19(26)16-12-17(15-6-7-15)25(21-16)20(3,4)5/h12,15H,6-11H2,1-5H3. The molecule has 0 N–H and O–H groups in total. The molecular formula is C20H29N5O4S. The Morgan fingerprint density at radius 2 is 1.77 bits per heavy atom. The van der Waals surface area contributed by atoms with Gasteiger partial charge in [-0.1, -0.05) is 5.16 Å². The van der Waals surface area contributed by atoms with Crippen molar-refractivity contribution in [3.63, 3.8) is 0 Å². The first-order valence-corrected chi connectivity index (χ1v) is 11.8. The normalized spacial score (nSPS) is 18.8. The van der Waals surface area contributed by atoms with Gasteiger partial charge in [-0.15, -0.1) is 0 Å². The van der Waals surface area contributed by atoms with Gasteiger partial charge >= 0.3 is 0 Å². The first-order chi connectivity index (χ1) is 14.0. The molecule has 0 bridgehead atoms. The fourth-order valence-corrected chi connectivity index (χ4v) is 5.69. The average molecular weight is 436 g/mol. The van der Waals surface area contributed by atoms with E-state index in [1.54, 1.807) is 18.7 Å². The summed E-state index contributed by atoms with van der Waals surface area (Å²) in [5.74, 6) is 0.621. The molecule has 0 radical (unpaired) electrons. The van der Waals surface area contributed by atoms with Crippen molar-refractivity contribution in [3.8, 4) is 0 Å². The minimum absolute atomic E-state index is 0.125. The van der Waals surface area contributed by atoms with Gasteiger partial charge in [-0.3, -0.25) is 9.48 Å². The van der Waals surface area contributed by atoms with Gasteiger partial charge in [0, 0.05) is 37.8 Å². The topological polar surface area (TPSA) is 102 Å². The highest BCUT2D eigenvalue weighted by molar-refractivity contribution is 7.89. The van der Waals surface area contributed by atoms with Crippen molar-refractivity contribution < 1.29 is 17.7 Å². The molecule has 2 aliphatic rings. The number of carbonyl (C=O) groups is 1. The predicted octanol–water partition coefficient (Wildman–Crippen LogP) is 2.27. The summed E-state index contributed by atoms with van der Waals surface area (Å²) >= 11 is 0. The number of piperazine rings is 1. The van der Waals surface area contributed by atoms with Crippen molar-refractivity contribution in [2.24, 2.45) is 0 Å². The van der Waals surface area contributed by atoms with E-state index in [1.807, 2.05) is 10.7 Å². The van der Waals surface area contributed by atoms with Crippen LogP contribution in [-0.4, -0.2) is 64.6 Å². The highest BCUT2D eigenvalue weighted by Crippen LogP contribution is 2.41. The van der Waals surface area contributed by atoms with E-state index in [0.717, 1.165) is 18.5 Å². The smallest absolute Gasteiger partial charge is 0.274 e. The van der Waals surface area contributed by atoms with Gasteiger partial charge < -0.3 is 9.42 Å². The van der Waals surface area contributed by atoms with E-state index in [0.29, 0.717) is 30.4 Å². The number of nitrogens with zero attached hydrogens (tertiary/aromatic N) is 5. The van der Waals surface area contributed by atoms with E-state index in [-0.39, 0.29) is 35.2 Å². The lowest BCUT2D eigenvalue weighted by Crippen LogP contribution is -2.50. The van der Waals surface area contributed by atoms with E-state index in [2.05, 4.69) is 31.0 Å². The summed E-state index contributed by atoms with van der Waals surface area (Å²) in [5.41, 5.74) is 1.71. The Labute approximate surface area is 177 Å². The highest BCUT2D eigenvalue weighted by atomic mass is 32.2. The number of amides is 1. The molecule has 2 aromatic rings. The van der Waals surface area contributed by atoms with Gasteiger partial charge in [0.25, 0.3) is 5.91 Å². The molecule has 10 heteroatoms. The fourth-order valence-electron chi connectivity index (χ4n) is 3.97. The van der Waals surface area contributed by atoms with Crippen LogP contribution in [-0.2, 0) is 15.6 Å². The molecule has 1 aliphatic heterocycles. The van der Waals surface area contributed by atoms with Crippen LogP contribution in [0.15, 0.2) is 15.5 Å². The maximum absolute atomic E-state index is 13.1. The third kappa shape index (κ3) is 3.66. The quantitative estimate of drug-likeness (QED) is 0.730. The molecule has 0 atom stereocenters. The Kier molecular flexibility index (Phi) is 5.05. The summed E-state index contributed by atoms with van der Waals surface area (Å²) in [6, 6.07) is 1.91. The molecular weight excluding hydrogens is 406 g/mol. The maximum atomic E-state index is 13.1. The molecule has 4 rings (SSSR count). The van der Waals surface area contributed by atoms with Crippen molar-refractivity contribution in [2.75, 3.05) is 26.2 Å². The molecule has 1 saturated heterocycles. The second-order valence-corrected chi connectivity index (χ2v) is 11.0. The predicted molar refractivity (Wildman–Crippen MR) is 110 cm³/mol. The fraction of sp³-hybridized carbons (Fsp3) is 0.650. The molecule has 1 saturated carbocycles. The summed E-state index contributed by atoms with van der Waals surface area (Å²) < 4.78 is 34.4. The zero-order valence-electron chi connectivity index (χ0n) is 18.2. The van der Waals surface area contributed by atoms with Gasteiger partial charge in [-0.25, -0.2) is 8.42 Å². The van der Waals surface area contributed by atoms with Crippen molar-refractivity contribution in [2.45, 2.75) is 63.8 Å². The number of sulfonamides is 1. The zero-order valence-corrected chi connectivity index (χ0v) is 19.0. The van der Waals surface area contributed by atoms with Crippen LogP contribution in [0.3, 0.4) is 0 Å². The van der Waals surface area contributed by atoms with Crippen LogP contribution < -0.4 is 0 Å². The lowest BCUT2D eigenvalue weighted by molar-refractivity contribution is 0.0690. The molecule has 3 heterocycles. The number of carbonyl (C=O) groups excluding carboxylic acids is 1. The lowest BCUT2D eigenvalue weighted by atomic mass is 10.1.